The quantitative estimate of drug-likeness (QED) is 0.836. The van der Waals surface area contributed by atoms with E-state index in [-0.39, 0.29) is 11.7 Å². The SMILES string of the molecule is CCC1CCCCN1C(=O)c1cc(C(C)=O)c[nH]1. The zero-order chi connectivity index (χ0) is 13.1. The van der Waals surface area contributed by atoms with Crippen molar-refractivity contribution in [3.8, 4) is 0 Å². The number of ketones is 1. The van der Waals surface area contributed by atoms with Gasteiger partial charge in [0.25, 0.3) is 5.91 Å². The van der Waals surface area contributed by atoms with Crippen molar-refractivity contribution in [3.05, 3.63) is 23.5 Å². The molecule has 0 aromatic carbocycles. The second kappa shape index (κ2) is 5.38. The van der Waals surface area contributed by atoms with Gasteiger partial charge < -0.3 is 9.88 Å². The largest absolute Gasteiger partial charge is 0.356 e. The number of amides is 1. The normalized spacial score (nSPS) is 19.9. The maximum absolute atomic E-state index is 12.4. The smallest absolute Gasteiger partial charge is 0.270 e. The van der Waals surface area contributed by atoms with Gasteiger partial charge in [0, 0.05) is 24.3 Å². The van der Waals surface area contributed by atoms with E-state index in [1.165, 1.54) is 13.3 Å². The van der Waals surface area contributed by atoms with Gasteiger partial charge in [0.05, 0.1) is 0 Å². The van der Waals surface area contributed by atoms with E-state index in [4.69, 9.17) is 0 Å². The Morgan fingerprint density at radius 3 is 2.83 bits per heavy atom. The molecular formula is C14H20N2O2. The molecule has 2 heterocycles. The first-order chi connectivity index (χ1) is 8.63. The first kappa shape index (κ1) is 12.9. The van der Waals surface area contributed by atoms with Crippen molar-refractivity contribution in [2.45, 2.75) is 45.6 Å². The van der Waals surface area contributed by atoms with Gasteiger partial charge in [-0.1, -0.05) is 6.92 Å². The molecule has 4 nitrogen and oxygen atoms in total. The number of hydrogen-bond donors (Lipinski definition) is 1. The molecule has 4 heteroatoms. The van der Waals surface area contributed by atoms with Crippen molar-refractivity contribution in [1.29, 1.82) is 0 Å². The van der Waals surface area contributed by atoms with Crippen molar-refractivity contribution >= 4 is 11.7 Å². The summed E-state index contributed by atoms with van der Waals surface area (Å²) >= 11 is 0. The van der Waals surface area contributed by atoms with Crippen LogP contribution in [0.3, 0.4) is 0 Å². The third-order valence-electron chi connectivity index (χ3n) is 3.68. The molecule has 1 atom stereocenters. The molecule has 1 aromatic heterocycles. The Morgan fingerprint density at radius 1 is 1.44 bits per heavy atom. The second-order valence-electron chi connectivity index (χ2n) is 4.91. The van der Waals surface area contributed by atoms with E-state index in [9.17, 15) is 9.59 Å². The Kier molecular flexibility index (Phi) is 3.84. The van der Waals surface area contributed by atoms with Crippen LogP contribution in [0.25, 0.3) is 0 Å². The molecule has 1 amide bonds. The fourth-order valence-electron chi connectivity index (χ4n) is 2.57. The molecule has 0 spiro atoms. The van der Waals surface area contributed by atoms with Crippen LogP contribution >= 0.6 is 0 Å². The molecule has 0 saturated carbocycles. The van der Waals surface area contributed by atoms with Crippen molar-refractivity contribution in [2.75, 3.05) is 6.54 Å². The first-order valence-electron chi connectivity index (χ1n) is 6.63. The van der Waals surface area contributed by atoms with Crippen LogP contribution in [-0.4, -0.2) is 34.2 Å². The van der Waals surface area contributed by atoms with Crippen molar-refractivity contribution < 1.29 is 9.59 Å². The number of Topliss-reactive ketones (excluding diaryl/α,β-unsaturated/α-hetero) is 1. The molecule has 18 heavy (non-hydrogen) atoms. The zero-order valence-electron chi connectivity index (χ0n) is 11.0. The topological polar surface area (TPSA) is 53.2 Å². The number of nitrogens with zero attached hydrogens (tertiary/aromatic N) is 1. The molecule has 1 N–H and O–H groups in total. The lowest BCUT2D eigenvalue weighted by Crippen LogP contribution is -2.43. The maximum Gasteiger partial charge on any atom is 0.270 e. The zero-order valence-corrected chi connectivity index (χ0v) is 11.0. The number of carbonyl (C=O) groups is 2. The van der Waals surface area contributed by atoms with Gasteiger partial charge in [0.2, 0.25) is 0 Å². The van der Waals surface area contributed by atoms with Gasteiger partial charge in [-0.15, -0.1) is 0 Å². The number of aromatic nitrogens is 1. The fourth-order valence-corrected chi connectivity index (χ4v) is 2.57. The molecular weight excluding hydrogens is 228 g/mol. The molecule has 0 aliphatic carbocycles. The standard InChI is InChI=1S/C14H20N2O2/c1-3-12-6-4-5-7-16(12)14(18)13-8-11(9-15-13)10(2)17/h8-9,12,15H,3-7H2,1-2H3. The van der Waals surface area contributed by atoms with E-state index < -0.39 is 0 Å². The Bertz CT molecular complexity index is 450. The van der Waals surface area contributed by atoms with Crippen molar-refractivity contribution in [1.82, 2.24) is 9.88 Å². The summed E-state index contributed by atoms with van der Waals surface area (Å²) in [5, 5.41) is 0. The third kappa shape index (κ3) is 2.47. The van der Waals surface area contributed by atoms with Gasteiger partial charge in [-0.05, 0) is 38.7 Å². The summed E-state index contributed by atoms with van der Waals surface area (Å²) < 4.78 is 0. The number of rotatable bonds is 3. The predicted octanol–water partition coefficient (Wildman–Crippen LogP) is 2.62. The van der Waals surface area contributed by atoms with E-state index in [0.29, 0.717) is 17.3 Å². The monoisotopic (exact) mass is 248 g/mol. The molecule has 1 aliphatic rings. The highest BCUT2D eigenvalue weighted by Gasteiger charge is 2.27. The van der Waals surface area contributed by atoms with Gasteiger partial charge in [0.15, 0.2) is 5.78 Å². The second-order valence-corrected chi connectivity index (χ2v) is 4.91. The summed E-state index contributed by atoms with van der Waals surface area (Å²) in [4.78, 5) is 28.5. The number of aromatic amines is 1. The van der Waals surface area contributed by atoms with Gasteiger partial charge in [-0.3, -0.25) is 9.59 Å². The Morgan fingerprint density at radius 2 is 2.22 bits per heavy atom. The Hall–Kier alpha value is -1.58. The summed E-state index contributed by atoms with van der Waals surface area (Å²) in [6, 6.07) is 2.00. The van der Waals surface area contributed by atoms with Crippen LogP contribution in [0.4, 0.5) is 0 Å². The van der Waals surface area contributed by atoms with Crippen LogP contribution in [-0.2, 0) is 0 Å². The molecule has 1 aromatic rings. The molecule has 1 saturated heterocycles. The summed E-state index contributed by atoms with van der Waals surface area (Å²) in [5.41, 5.74) is 1.10. The number of carbonyl (C=O) groups excluding carboxylic acids is 2. The van der Waals surface area contributed by atoms with Crippen LogP contribution in [0.5, 0.6) is 0 Å². The van der Waals surface area contributed by atoms with Gasteiger partial charge in [0.1, 0.15) is 5.69 Å². The summed E-state index contributed by atoms with van der Waals surface area (Å²) in [6.07, 6.45) is 5.96. The highest BCUT2D eigenvalue weighted by Crippen LogP contribution is 2.21. The van der Waals surface area contributed by atoms with Gasteiger partial charge in [-0.2, -0.15) is 0 Å². The average molecular weight is 248 g/mol. The average Bonchev–Trinajstić information content (AvgIpc) is 2.87. The fraction of sp³-hybridized carbons (Fsp3) is 0.571. The molecule has 1 unspecified atom stereocenters. The minimum atomic E-state index is -0.0176. The number of piperidine rings is 1. The number of hydrogen-bond acceptors (Lipinski definition) is 2. The third-order valence-corrected chi connectivity index (χ3v) is 3.68. The van der Waals surface area contributed by atoms with Crippen LogP contribution in [0.15, 0.2) is 12.3 Å². The predicted molar refractivity (Wildman–Crippen MR) is 69.8 cm³/mol. The lowest BCUT2D eigenvalue weighted by molar-refractivity contribution is 0.0602. The van der Waals surface area contributed by atoms with Gasteiger partial charge >= 0.3 is 0 Å². The van der Waals surface area contributed by atoms with Crippen molar-refractivity contribution in [3.63, 3.8) is 0 Å². The molecule has 98 valence electrons. The molecule has 1 fully saturated rings. The number of likely N-dealkylation sites (tertiary alicyclic amines) is 1. The minimum absolute atomic E-state index is 0.0176. The van der Waals surface area contributed by atoms with E-state index in [1.54, 1.807) is 12.3 Å². The highest BCUT2D eigenvalue weighted by atomic mass is 16.2. The highest BCUT2D eigenvalue weighted by molar-refractivity contribution is 5.99. The summed E-state index contributed by atoms with van der Waals surface area (Å²) in [5.74, 6) is 0.00466. The van der Waals surface area contributed by atoms with E-state index in [0.717, 1.165) is 25.8 Å². The molecule has 0 radical (unpaired) electrons. The van der Waals surface area contributed by atoms with Crippen molar-refractivity contribution in [2.24, 2.45) is 0 Å². The van der Waals surface area contributed by atoms with Gasteiger partial charge in [-0.25, -0.2) is 0 Å². The lowest BCUT2D eigenvalue weighted by Gasteiger charge is -2.35. The number of nitrogens with one attached hydrogen (secondary N) is 1. The van der Waals surface area contributed by atoms with Crippen LogP contribution in [0.2, 0.25) is 0 Å². The maximum atomic E-state index is 12.4. The van der Waals surface area contributed by atoms with Crippen LogP contribution in [0.1, 0.15) is 60.4 Å². The van der Waals surface area contributed by atoms with E-state index in [1.807, 2.05) is 4.90 Å². The summed E-state index contributed by atoms with van der Waals surface area (Å²) in [7, 11) is 0. The van der Waals surface area contributed by atoms with Crippen LogP contribution in [0, 0.1) is 0 Å². The molecule has 0 bridgehead atoms. The lowest BCUT2D eigenvalue weighted by atomic mass is 9.99. The Balaban J connectivity index is 2.15. The minimum Gasteiger partial charge on any atom is -0.356 e. The van der Waals surface area contributed by atoms with E-state index >= 15 is 0 Å². The number of H-pyrrole nitrogens is 1. The first-order valence-corrected chi connectivity index (χ1v) is 6.63. The summed E-state index contributed by atoms with van der Waals surface area (Å²) in [6.45, 7) is 4.45. The van der Waals surface area contributed by atoms with Crippen LogP contribution < -0.4 is 0 Å². The Labute approximate surface area is 107 Å². The van der Waals surface area contributed by atoms with E-state index in [2.05, 4.69) is 11.9 Å². The molecule has 2 rings (SSSR count). The molecule has 1 aliphatic heterocycles.